The molecule has 140 valence electrons. The molecule has 2 aromatic rings. The Hall–Kier alpha value is -2.65. The van der Waals surface area contributed by atoms with E-state index >= 15 is 0 Å². The minimum Gasteiger partial charge on any atom is -0.377 e. The van der Waals surface area contributed by atoms with Crippen LogP contribution in [-0.2, 0) is 19.6 Å². The lowest BCUT2D eigenvalue weighted by Crippen LogP contribution is -2.38. The summed E-state index contributed by atoms with van der Waals surface area (Å²) in [5.41, 5.74) is 1.27. The van der Waals surface area contributed by atoms with Crippen LogP contribution in [0.3, 0.4) is 0 Å². The predicted molar refractivity (Wildman–Crippen MR) is 107 cm³/mol. The molecule has 0 unspecified atom stereocenters. The molecular formula is C18H20BN3O4S. The van der Waals surface area contributed by atoms with Gasteiger partial charge < -0.3 is 4.90 Å². The lowest BCUT2D eigenvalue weighted by atomic mass is 9.96. The molecule has 1 aliphatic rings. The highest BCUT2D eigenvalue weighted by atomic mass is 32.2. The van der Waals surface area contributed by atoms with Crippen LogP contribution in [0.2, 0.25) is 0 Å². The lowest BCUT2D eigenvalue weighted by molar-refractivity contribution is -0.136. The number of carbonyl (C=O) groups is 2. The fourth-order valence-electron chi connectivity index (χ4n) is 3.11. The van der Waals surface area contributed by atoms with E-state index in [1.165, 1.54) is 6.08 Å². The smallest absolute Gasteiger partial charge is 0.253 e. The monoisotopic (exact) mass is 385 g/mol. The summed E-state index contributed by atoms with van der Waals surface area (Å²) in [6, 6.07) is 10.6. The largest absolute Gasteiger partial charge is 0.377 e. The van der Waals surface area contributed by atoms with Crippen molar-refractivity contribution in [1.29, 1.82) is 0 Å². The van der Waals surface area contributed by atoms with Gasteiger partial charge in [-0.15, -0.1) is 0 Å². The molecule has 1 aliphatic heterocycles. The van der Waals surface area contributed by atoms with E-state index in [1.807, 2.05) is 37.2 Å². The van der Waals surface area contributed by atoms with Crippen LogP contribution in [0.25, 0.3) is 10.8 Å². The SMILES string of the molecule is BC1=CC(=O)N(CCNS(=O)(=O)c2cccc3c(N(C)C)cccc23)C1=O. The van der Waals surface area contributed by atoms with Gasteiger partial charge in [0.25, 0.3) is 5.91 Å². The standard InChI is InChI=1S/C18H20BN3O4S/c1-21(2)15-7-3-6-13-12(15)5-4-8-16(13)27(25,26)20-9-10-22-17(23)11-14(19)18(22)24/h3-8,11,20H,9-10,19H2,1-2H3. The first-order valence-electron chi connectivity index (χ1n) is 8.45. The van der Waals surface area contributed by atoms with Gasteiger partial charge in [0.15, 0.2) is 0 Å². The maximum atomic E-state index is 12.8. The Morgan fingerprint density at radius 3 is 2.37 bits per heavy atom. The summed E-state index contributed by atoms with van der Waals surface area (Å²) in [4.78, 5) is 26.7. The number of nitrogens with zero attached hydrogens (tertiary/aromatic N) is 2. The second-order valence-electron chi connectivity index (χ2n) is 6.54. The number of amides is 2. The Morgan fingerprint density at radius 1 is 1.07 bits per heavy atom. The van der Waals surface area contributed by atoms with E-state index < -0.39 is 15.9 Å². The molecule has 3 rings (SSSR count). The second kappa shape index (κ2) is 7.17. The topological polar surface area (TPSA) is 86.8 Å². The van der Waals surface area contributed by atoms with Gasteiger partial charge in [-0.2, -0.15) is 0 Å². The van der Waals surface area contributed by atoms with Crippen LogP contribution in [0.15, 0.2) is 52.8 Å². The summed E-state index contributed by atoms with van der Waals surface area (Å²) in [5.74, 6) is -0.808. The first-order chi connectivity index (χ1) is 12.7. The Morgan fingerprint density at radius 2 is 1.74 bits per heavy atom. The van der Waals surface area contributed by atoms with Gasteiger partial charge in [0.2, 0.25) is 15.9 Å². The highest BCUT2D eigenvalue weighted by Gasteiger charge is 2.28. The number of sulfonamides is 1. The third-order valence-corrected chi connectivity index (χ3v) is 5.97. The fraction of sp³-hybridized carbons (Fsp3) is 0.222. The molecule has 0 radical (unpaired) electrons. The van der Waals surface area contributed by atoms with Gasteiger partial charge >= 0.3 is 0 Å². The quantitative estimate of drug-likeness (QED) is 0.562. The first-order valence-corrected chi connectivity index (χ1v) is 9.93. The van der Waals surface area contributed by atoms with Crippen molar-refractivity contribution in [3.63, 3.8) is 0 Å². The minimum atomic E-state index is -3.80. The van der Waals surface area contributed by atoms with Crippen molar-refractivity contribution in [2.24, 2.45) is 0 Å². The summed E-state index contributed by atoms with van der Waals surface area (Å²) in [7, 11) is 1.55. The zero-order valence-electron chi connectivity index (χ0n) is 15.4. The van der Waals surface area contributed by atoms with Crippen molar-refractivity contribution in [2.45, 2.75) is 4.90 Å². The normalized spacial score (nSPS) is 14.7. The van der Waals surface area contributed by atoms with Crippen molar-refractivity contribution in [2.75, 3.05) is 32.1 Å². The highest BCUT2D eigenvalue weighted by Crippen LogP contribution is 2.30. The van der Waals surface area contributed by atoms with Gasteiger partial charge in [-0.3, -0.25) is 14.5 Å². The number of fused-ring (bicyclic) bond motifs is 1. The van der Waals surface area contributed by atoms with Gasteiger partial charge in [-0.25, -0.2) is 13.1 Å². The Bertz CT molecular complexity index is 1060. The Labute approximate surface area is 159 Å². The summed E-state index contributed by atoms with van der Waals surface area (Å²) >= 11 is 0. The second-order valence-corrected chi connectivity index (χ2v) is 8.28. The lowest BCUT2D eigenvalue weighted by Gasteiger charge is -2.18. The van der Waals surface area contributed by atoms with Gasteiger partial charge in [-0.05, 0) is 17.6 Å². The molecule has 0 aromatic heterocycles. The first kappa shape index (κ1) is 19.1. The zero-order chi connectivity index (χ0) is 19.8. The molecule has 9 heteroatoms. The molecule has 2 amide bonds. The van der Waals surface area contributed by atoms with E-state index in [0.717, 1.165) is 16.0 Å². The maximum Gasteiger partial charge on any atom is 0.253 e. The van der Waals surface area contributed by atoms with Crippen molar-refractivity contribution >= 4 is 46.1 Å². The number of benzene rings is 2. The van der Waals surface area contributed by atoms with Crippen LogP contribution in [0.1, 0.15) is 0 Å². The van der Waals surface area contributed by atoms with Crippen molar-refractivity contribution in [3.05, 3.63) is 47.9 Å². The molecule has 27 heavy (non-hydrogen) atoms. The molecule has 0 aliphatic carbocycles. The molecule has 1 heterocycles. The van der Waals surface area contributed by atoms with Crippen LogP contribution < -0.4 is 9.62 Å². The van der Waals surface area contributed by atoms with Gasteiger partial charge in [0.1, 0.15) is 7.85 Å². The van der Waals surface area contributed by atoms with Crippen molar-refractivity contribution in [3.8, 4) is 0 Å². The number of anilines is 1. The minimum absolute atomic E-state index is 0.0154. The van der Waals surface area contributed by atoms with Crippen molar-refractivity contribution in [1.82, 2.24) is 9.62 Å². The van der Waals surface area contributed by atoms with Crippen LogP contribution in [-0.4, -0.2) is 60.2 Å². The molecule has 0 bridgehead atoms. The molecule has 7 nitrogen and oxygen atoms in total. The molecule has 0 saturated heterocycles. The van der Waals surface area contributed by atoms with E-state index in [-0.39, 0.29) is 23.9 Å². The number of imide groups is 1. The van der Waals surface area contributed by atoms with Crippen LogP contribution in [0, 0.1) is 0 Å². The zero-order valence-corrected chi connectivity index (χ0v) is 16.2. The summed E-state index contributed by atoms with van der Waals surface area (Å²) < 4.78 is 28.1. The summed E-state index contributed by atoms with van der Waals surface area (Å²) in [6.07, 6.45) is 1.25. The molecule has 2 aromatic carbocycles. The van der Waals surface area contributed by atoms with Gasteiger partial charge in [0.05, 0.1) is 4.90 Å². The Kier molecular flexibility index (Phi) is 5.08. The number of hydrogen-bond acceptors (Lipinski definition) is 5. The van der Waals surface area contributed by atoms with Gasteiger partial charge in [0, 0.05) is 49.7 Å². The predicted octanol–water partition coefficient (Wildman–Crippen LogP) is 0.0699. The van der Waals surface area contributed by atoms with E-state index in [4.69, 9.17) is 0 Å². The van der Waals surface area contributed by atoms with E-state index in [2.05, 4.69) is 4.72 Å². The number of rotatable bonds is 6. The summed E-state index contributed by atoms with van der Waals surface area (Å²) in [6.45, 7) is -0.0663. The van der Waals surface area contributed by atoms with E-state index in [9.17, 15) is 18.0 Å². The number of nitrogens with one attached hydrogen (secondary N) is 1. The average molecular weight is 385 g/mol. The van der Waals surface area contributed by atoms with Crippen LogP contribution in [0.4, 0.5) is 5.69 Å². The molecule has 1 N–H and O–H groups in total. The Balaban J connectivity index is 1.83. The van der Waals surface area contributed by atoms with Crippen LogP contribution in [0.5, 0.6) is 0 Å². The highest BCUT2D eigenvalue weighted by molar-refractivity contribution is 7.89. The molecule has 0 atom stereocenters. The molecule has 0 saturated carbocycles. The van der Waals surface area contributed by atoms with Gasteiger partial charge in [-0.1, -0.05) is 24.3 Å². The molecule has 0 fully saturated rings. The van der Waals surface area contributed by atoms with Crippen LogP contribution >= 0.6 is 0 Å². The number of carbonyl (C=O) groups excluding carboxylic acids is 2. The third kappa shape index (κ3) is 3.60. The molecule has 0 spiro atoms. The maximum absolute atomic E-state index is 12.8. The summed E-state index contributed by atoms with van der Waals surface area (Å²) in [5, 5.41) is 1.44. The number of hydrogen-bond donors (Lipinski definition) is 1. The average Bonchev–Trinajstić information content (AvgIpc) is 2.86. The molecular weight excluding hydrogens is 365 g/mol. The van der Waals surface area contributed by atoms with Crippen molar-refractivity contribution < 1.29 is 18.0 Å². The van der Waals surface area contributed by atoms with E-state index in [1.54, 1.807) is 26.0 Å². The fourth-order valence-corrected chi connectivity index (χ4v) is 4.35. The third-order valence-electron chi connectivity index (χ3n) is 4.45. The van der Waals surface area contributed by atoms with E-state index in [0.29, 0.717) is 10.9 Å².